The number of hydrogen-bond acceptors (Lipinski definition) is 3. The van der Waals surface area contributed by atoms with Crippen molar-refractivity contribution in [1.29, 1.82) is 0 Å². The molecule has 0 aromatic heterocycles. The maximum atomic E-state index is 13.2. The molecule has 1 spiro atoms. The molecule has 0 bridgehead atoms. The molecule has 2 fully saturated rings. The van der Waals surface area contributed by atoms with Gasteiger partial charge in [-0.2, -0.15) is 4.31 Å². The Morgan fingerprint density at radius 1 is 0.800 bits per heavy atom. The smallest absolute Gasteiger partial charge is 0.135 e. The summed E-state index contributed by atoms with van der Waals surface area (Å²) in [4.78, 5) is 1.57. The third-order valence-corrected chi connectivity index (χ3v) is 9.25. The lowest BCUT2D eigenvalue weighted by atomic mass is 10.0. The first-order valence-corrected chi connectivity index (χ1v) is 13.8. The van der Waals surface area contributed by atoms with Crippen LogP contribution in [-0.4, -0.2) is 49.0 Å². The molecule has 2 aromatic rings. The van der Waals surface area contributed by atoms with Gasteiger partial charge in [0, 0.05) is 41.4 Å². The lowest BCUT2D eigenvalue weighted by Gasteiger charge is -2.42. The van der Waals surface area contributed by atoms with Crippen LogP contribution in [0.25, 0.3) is 0 Å². The zero-order chi connectivity index (χ0) is 21.7. The number of hydrogen-bond donors (Lipinski definition) is 0. The van der Waals surface area contributed by atoms with E-state index in [1.807, 2.05) is 71.0 Å². The molecule has 164 valence electrons. The number of piperidine rings is 1. The first-order chi connectivity index (χ1) is 14.5. The van der Waals surface area contributed by atoms with E-state index in [4.69, 9.17) is 4.74 Å². The fraction of sp³-hybridized carbons (Fsp3) is 0.429. The Labute approximate surface area is 200 Å². The topological polar surface area (TPSA) is 49.9 Å². The van der Waals surface area contributed by atoms with E-state index < -0.39 is 27.7 Å². The molecule has 0 aliphatic carbocycles. The van der Waals surface area contributed by atoms with E-state index in [1.54, 1.807) is 0 Å². The van der Waals surface area contributed by atoms with Gasteiger partial charge in [0.15, 0.2) is 0 Å². The van der Waals surface area contributed by atoms with Gasteiger partial charge >= 0.3 is 0 Å². The lowest BCUT2D eigenvalue weighted by molar-refractivity contribution is -0.0787. The molecule has 2 atom stereocenters. The minimum atomic E-state index is -1.28. The molecule has 2 saturated heterocycles. The summed E-state index contributed by atoms with van der Waals surface area (Å²) in [6.07, 6.45) is 1.36. The Bertz CT molecular complexity index is 886. The summed E-state index contributed by atoms with van der Waals surface area (Å²) in [5.74, 6) is 0. The monoisotopic (exact) mass is 576 g/mol. The Kier molecular flexibility index (Phi) is 8.83. The number of rotatable bonds is 4. The zero-order valence-corrected chi connectivity index (χ0v) is 21.9. The van der Waals surface area contributed by atoms with Crippen LogP contribution in [0.1, 0.15) is 26.7 Å². The van der Waals surface area contributed by atoms with E-state index in [0.29, 0.717) is 39.1 Å². The fourth-order valence-corrected chi connectivity index (χ4v) is 6.71. The third kappa shape index (κ3) is 5.31. The van der Waals surface area contributed by atoms with Crippen LogP contribution >= 0.6 is 31.9 Å². The molecule has 5 nitrogen and oxygen atoms in total. The molecule has 0 radical (unpaired) electrons. The van der Waals surface area contributed by atoms with Crippen molar-refractivity contribution >= 4 is 53.8 Å². The van der Waals surface area contributed by atoms with E-state index in [2.05, 4.69) is 31.9 Å². The van der Waals surface area contributed by atoms with Gasteiger partial charge in [-0.1, -0.05) is 45.7 Å². The fourth-order valence-electron chi connectivity index (χ4n) is 3.60. The predicted molar refractivity (Wildman–Crippen MR) is 129 cm³/mol. The summed E-state index contributed by atoms with van der Waals surface area (Å²) in [5, 5.41) is 0. The lowest BCUT2D eigenvalue weighted by Crippen LogP contribution is -2.53. The molecule has 0 saturated carbocycles. The van der Waals surface area contributed by atoms with Crippen molar-refractivity contribution in [3.8, 4) is 0 Å². The highest BCUT2D eigenvalue weighted by Crippen LogP contribution is 2.37. The molecule has 9 heteroatoms. The average molecular weight is 578 g/mol. The molecular formula is C21H26Br2N2O3S2. The molecule has 4 rings (SSSR count). The van der Waals surface area contributed by atoms with Crippen molar-refractivity contribution in [2.75, 3.05) is 26.2 Å². The standard InChI is InChI=1S/C19H20Br2N2O3S2.C2H6/c20-15-1-5-17(6-2-15)27(24)22-11-9-19(10-12-22)23(13-14-26-19)28(25)18-7-3-16(21)4-8-18;1-2/h1-8H,9-14H2;1-2H3. The Hall–Kier alpha value is -0.420. The van der Waals surface area contributed by atoms with E-state index in [0.717, 1.165) is 18.7 Å². The van der Waals surface area contributed by atoms with Crippen molar-refractivity contribution in [3.05, 3.63) is 57.5 Å². The maximum absolute atomic E-state index is 13.2. The molecule has 0 amide bonds. The Morgan fingerprint density at radius 2 is 1.27 bits per heavy atom. The molecule has 2 aromatic carbocycles. The van der Waals surface area contributed by atoms with Crippen LogP contribution in [0.3, 0.4) is 0 Å². The van der Waals surface area contributed by atoms with Crippen LogP contribution in [-0.2, 0) is 26.7 Å². The van der Waals surface area contributed by atoms with Crippen molar-refractivity contribution in [2.45, 2.75) is 42.2 Å². The largest absolute Gasteiger partial charge is 0.358 e. The van der Waals surface area contributed by atoms with Gasteiger partial charge in [0.2, 0.25) is 0 Å². The predicted octanol–water partition coefficient (Wildman–Crippen LogP) is 5.11. The van der Waals surface area contributed by atoms with E-state index >= 15 is 0 Å². The van der Waals surface area contributed by atoms with Gasteiger partial charge in [-0.15, -0.1) is 0 Å². The highest BCUT2D eigenvalue weighted by molar-refractivity contribution is 9.10. The highest BCUT2D eigenvalue weighted by Gasteiger charge is 2.48. The van der Waals surface area contributed by atoms with Gasteiger partial charge < -0.3 is 4.74 Å². The zero-order valence-electron chi connectivity index (χ0n) is 17.1. The number of ether oxygens (including phenoxy) is 1. The molecular weight excluding hydrogens is 552 g/mol. The normalized spacial score (nSPS) is 21.1. The SMILES string of the molecule is CC.O=S(c1ccc(Br)cc1)N1CCC2(CC1)OCCN2S(=O)c1ccc(Br)cc1. The average Bonchev–Trinajstić information content (AvgIpc) is 3.18. The summed E-state index contributed by atoms with van der Waals surface area (Å²) in [7, 11) is -2.47. The van der Waals surface area contributed by atoms with E-state index in [-0.39, 0.29) is 0 Å². The second kappa shape index (κ2) is 10.9. The summed E-state index contributed by atoms with van der Waals surface area (Å²) < 4.78 is 38.0. The van der Waals surface area contributed by atoms with E-state index in [1.165, 1.54) is 0 Å². The molecule has 0 N–H and O–H groups in total. The highest BCUT2D eigenvalue weighted by atomic mass is 79.9. The van der Waals surface area contributed by atoms with Gasteiger partial charge in [0.1, 0.15) is 27.7 Å². The molecule has 2 aliphatic heterocycles. The first-order valence-electron chi connectivity index (χ1n) is 10.00. The van der Waals surface area contributed by atoms with Crippen LogP contribution < -0.4 is 0 Å². The second-order valence-corrected chi connectivity index (χ2v) is 11.5. The summed E-state index contributed by atoms with van der Waals surface area (Å²) in [5.41, 5.74) is -0.543. The quantitative estimate of drug-likeness (QED) is 0.507. The van der Waals surface area contributed by atoms with Crippen molar-refractivity contribution in [1.82, 2.24) is 8.61 Å². The molecule has 2 unspecified atom stereocenters. The van der Waals surface area contributed by atoms with Gasteiger partial charge in [0.05, 0.1) is 16.4 Å². The van der Waals surface area contributed by atoms with Crippen LogP contribution in [0.4, 0.5) is 0 Å². The summed E-state index contributed by atoms with van der Waals surface area (Å²) >= 11 is 6.83. The Morgan fingerprint density at radius 3 is 1.77 bits per heavy atom. The Balaban J connectivity index is 0.00000124. The van der Waals surface area contributed by atoms with Crippen molar-refractivity contribution in [3.63, 3.8) is 0 Å². The van der Waals surface area contributed by atoms with Gasteiger partial charge in [-0.3, -0.25) is 0 Å². The second-order valence-electron chi connectivity index (χ2n) is 6.73. The van der Waals surface area contributed by atoms with Crippen LogP contribution in [0.5, 0.6) is 0 Å². The number of nitrogens with zero attached hydrogens (tertiary/aromatic N) is 2. The summed E-state index contributed by atoms with van der Waals surface area (Å²) in [6.45, 7) is 6.48. The minimum Gasteiger partial charge on any atom is -0.358 e. The molecule has 2 aliphatic rings. The number of benzene rings is 2. The third-order valence-electron chi connectivity index (χ3n) is 5.09. The first kappa shape index (κ1) is 24.2. The maximum Gasteiger partial charge on any atom is 0.135 e. The van der Waals surface area contributed by atoms with E-state index in [9.17, 15) is 8.42 Å². The summed E-state index contributed by atoms with van der Waals surface area (Å²) in [6, 6.07) is 15.1. The van der Waals surface area contributed by atoms with Crippen LogP contribution in [0.2, 0.25) is 0 Å². The van der Waals surface area contributed by atoms with Crippen molar-refractivity contribution < 1.29 is 13.2 Å². The van der Waals surface area contributed by atoms with Gasteiger partial charge in [-0.05, 0) is 48.5 Å². The van der Waals surface area contributed by atoms with Crippen molar-refractivity contribution in [2.24, 2.45) is 0 Å². The van der Waals surface area contributed by atoms with Gasteiger partial charge in [-0.25, -0.2) is 12.7 Å². The molecule has 2 heterocycles. The minimum absolute atomic E-state index is 0.543. The van der Waals surface area contributed by atoms with Gasteiger partial charge in [0.25, 0.3) is 0 Å². The molecule has 30 heavy (non-hydrogen) atoms. The number of halogens is 2. The van der Waals surface area contributed by atoms with Crippen LogP contribution in [0.15, 0.2) is 67.3 Å². The van der Waals surface area contributed by atoms with Crippen LogP contribution in [0, 0.1) is 0 Å².